The molecule has 35 heavy (non-hydrogen) atoms. The van der Waals surface area contributed by atoms with Gasteiger partial charge in [-0.25, -0.2) is 0 Å². The minimum Gasteiger partial charge on any atom is -0.504 e. The number of Topliss-reactive ketones (excluding diaryl/α,β-unsaturated/α-hetero) is 1. The maximum atomic E-state index is 13.8. The fourth-order valence-corrected chi connectivity index (χ4v) is 5.61. The second kappa shape index (κ2) is 9.29. The summed E-state index contributed by atoms with van der Waals surface area (Å²) in [5.74, 6) is 1.25. The smallest absolute Gasteiger partial charge is 0.290 e. The minimum atomic E-state index is -0.587. The highest BCUT2D eigenvalue weighted by Crippen LogP contribution is 2.48. The molecule has 2 aliphatic heterocycles. The summed E-state index contributed by atoms with van der Waals surface area (Å²) >= 11 is 0. The molecular formula is C28H31NO6. The minimum absolute atomic E-state index is 0.00643. The molecule has 0 bridgehead atoms. The van der Waals surface area contributed by atoms with Crippen LogP contribution in [0.5, 0.6) is 17.2 Å². The Bertz CT molecular complexity index is 1170. The molecule has 7 nitrogen and oxygen atoms in total. The Kier molecular flexibility index (Phi) is 6.17. The Morgan fingerprint density at radius 3 is 2.54 bits per heavy atom. The Morgan fingerprint density at radius 2 is 1.83 bits per heavy atom. The fraction of sp³-hybridized carbons (Fsp3) is 0.429. The van der Waals surface area contributed by atoms with Crippen LogP contribution in [-0.4, -0.2) is 48.6 Å². The lowest BCUT2D eigenvalue weighted by molar-refractivity contribution is -0.136. The number of rotatable bonds is 6. The lowest BCUT2D eigenvalue weighted by atomic mass is 9.74. The first kappa shape index (κ1) is 23.3. The molecule has 2 heterocycles. The summed E-state index contributed by atoms with van der Waals surface area (Å²) in [6, 6.07) is 12.1. The first-order valence-corrected chi connectivity index (χ1v) is 12.2. The van der Waals surface area contributed by atoms with Gasteiger partial charge in [0, 0.05) is 6.54 Å². The number of phenols is 1. The second-order valence-electron chi connectivity index (χ2n) is 9.72. The van der Waals surface area contributed by atoms with Crippen molar-refractivity contribution in [3.05, 3.63) is 64.9 Å². The van der Waals surface area contributed by atoms with E-state index in [9.17, 15) is 14.7 Å². The topological polar surface area (TPSA) is 85.3 Å². The molecule has 3 aliphatic rings. The van der Waals surface area contributed by atoms with Crippen molar-refractivity contribution in [3.63, 3.8) is 0 Å². The average Bonchev–Trinajstić information content (AvgIpc) is 3.15. The van der Waals surface area contributed by atoms with Gasteiger partial charge in [-0.2, -0.15) is 0 Å². The third-order valence-electron chi connectivity index (χ3n) is 7.53. The molecule has 1 N–H and O–H groups in total. The van der Waals surface area contributed by atoms with Crippen molar-refractivity contribution < 1.29 is 28.9 Å². The highest BCUT2D eigenvalue weighted by atomic mass is 16.5. The molecule has 0 saturated heterocycles. The van der Waals surface area contributed by atoms with Crippen LogP contribution in [0.2, 0.25) is 0 Å². The van der Waals surface area contributed by atoms with Gasteiger partial charge in [0.25, 0.3) is 5.91 Å². The molecule has 1 fully saturated rings. The molecule has 1 aliphatic carbocycles. The van der Waals surface area contributed by atoms with E-state index < -0.39 is 6.04 Å². The van der Waals surface area contributed by atoms with E-state index in [1.807, 2.05) is 24.3 Å². The summed E-state index contributed by atoms with van der Waals surface area (Å²) in [4.78, 5) is 29.2. The van der Waals surface area contributed by atoms with Gasteiger partial charge in [-0.05, 0) is 67.0 Å². The highest BCUT2D eigenvalue weighted by molar-refractivity contribution is 6.11. The molecule has 4 atom stereocenters. The van der Waals surface area contributed by atoms with Crippen LogP contribution in [0.25, 0.3) is 0 Å². The monoisotopic (exact) mass is 477 g/mol. The molecule has 0 aromatic heterocycles. The van der Waals surface area contributed by atoms with Crippen LogP contribution in [0.3, 0.4) is 0 Å². The number of carbonyl (C=O) groups is 2. The second-order valence-corrected chi connectivity index (χ2v) is 9.72. The number of hydrogen-bond donors (Lipinski definition) is 1. The third-order valence-corrected chi connectivity index (χ3v) is 7.53. The predicted octanol–water partition coefficient (Wildman–Crippen LogP) is 4.19. The van der Waals surface area contributed by atoms with Gasteiger partial charge in [-0.3, -0.25) is 9.59 Å². The zero-order valence-electron chi connectivity index (χ0n) is 20.3. The van der Waals surface area contributed by atoms with Crippen LogP contribution in [0, 0.1) is 11.8 Å². The van der Waals surface area contributed by atoms with Crippen LogP contribution in [-0.2, 0) is 20.7 Å². The normalized spacial score (nSPS) is 25.7. The van der Waals surface area contributed by atoms with Gasteiger partial charge in [-0.1, -0.05) is 25.1 Å². The van der Waals surface area contributed by atoms with E-state index in [4.69, 9.17) is 14.2 Å². The quantitative estimate of drug-likeness (QED) is 0.672. The van der Waals surface area contributed by atoms with E-state index in [0.29, 0.717) is 35.8 Å². The van der Waals surface area contributed by atoms with Crippen molar-refractivity contribution in [2.45, 2.75) is 44.8 Å². The molecular weight excluding hydrogens is 446 g/mol. The van der Waals surface area contributed by atoms with Crippen molar-refractivity contribution in [2.24, 2.45) is 11.8 Å². The molecule has 7 heteroatoms. The van der Waals surface area contributed by atoms with E-state index in [0.717, 1.165) is 30.6 Å². The van der Waals surface area contributed by atoms with Gasteiger partial charge in [-0.15, -0.1) is 0 Å². The van der Waals surface area contributed by atoms with Crippen LogP contribution >= 0.6 is 0 Å². The number of aromatic hydroxyl groups is 1. The lowest BCUT2D eigenvalue weighted by Crippen LogP contribution is -2.41. The molecule has 0 radical (unpaired) electrons. The maximum Gasteiger partial charge on any atom is 0.290 e. The van der Waals surface area contributed by atoms with Gasteiger partial charge in [0.15, 0.2) is 23.0 Å². The summed E-state index contributed by atoms with van der Waals surface area (Å²) in [6.07, 6.45) is 2.92. The fourth-order valence-electron chi connectivity index (χ4n) is 5.61. The van der Waals surface area contributed by atoms with E-state index in [-0.39, 0.29) is 35.2 Å². The molecule has 2 aromatic rings. The Balaban J connectivity index is 1.51. The van der Waals surface area contributed by atoms with Crippen molar-refractivity contribution in [1.29, 1.82) is 0 Å². The number of amides is 1. The summed E-state index contributed by atoms with van der Waals surface area (Å²) in [5.41, 5.74) is 2.21. The van der Waals surface area contributed by atoms with Gasteiger partial charge < -0.3 is 24.2 Å². The highest BCUT2D eigenvalue weighted by Gasteiger charge is 2.52. The van der Waals surface area contributed by atoms with Gasteiger partial charge in [0.2, 0.25) is 0 Å². The molecule has 1 amide bonds. The Hall–Kier alpha value is -3.48. The van der Waals surface area contributed by atoms with Gasteiger partial charge in [0.1, 0.15) is 11.9 Å². The van der Waals surface area contributed by atoms with Crippen molar-refractivity contribution in [3.8, 4) is 17.2 Å². The van der Waals surface area contributed by atoms with Crippen molar-refractivity contribution in [2.75, 3.05) is 20.8 Å². The SMILES string of the molecule is COc1ccc(CCN2C(=O)C3=C(C(=O)C4CC(C)CCC4O3)C2c2ccc(O)c(OC)c2)cc1. The van der Waals surface area contributed by atoms with Crippen LogP contribution < -0.4 is 9.47 Å². The molecule has 0 spiro atoms. The zero-order chi connectivity index (χ0) is 24.7. The van der Waals surface area contributed by atoms with Crippen LogP contribution in [0.15, 0.2) is 53.8 Å². The lowest BCUT2D eigenvalue weighted by Gasteiger charge is -2.37. The van der Waals surface area contributed by atoms with E-state index >= 15 is 0 Å². The number of ether oxygens (including phenoxy) is 3. The third kappa shape index (κ3) is 4.13. The Labute approximate surface area is 205 Å². The average molecular weight is 478 g/mol. The van der Waals surface area contributed by atoms with Crippen molar-refractivity contribution in [1.82, 2.24) is 4.90 Å². The van der Waals surface area contributed by atoms with E-state index in [1.165, 1.54) is 7.11 Å². The largest absolute Gasteiger partial charge is 0.504 e. The number of carbonyl (C=O) groups excluding carboxylic acids is 2. The molecule has 2 aromatic carbocycles. The van der Waals surface area contributed by atoms with Crippen LogP contribution in [0.1, 0.15) is 43.4 Å². The van der Waals surface area contributed by atoms with Crippen molar-refractivity contribution >= 4 is 11.7 Å². The number of methoxy groups -OCH3 is 2. The Morgan fingerprint density at radius 1 is 1.06 bits per heavy atom. The number of benzene rings is 2. The van der Waals surface area contributed by atoms with Gasteiger partial charge >= 0.3 is 0 Å². The summed E-state index contributed by atoms with van der Waals surface area (Å²) in [7, 11) is 3.10. The summed E-state index contributed by atoms with van der Waals surface area (Å²) in [5, 5.41) is 10.1. The number of nitrogens with zero attached hydrogens (tertiary/aromatic N) is 1. The zero-order valence-corrected chi connectivity index (χ0v) is 20.3. The molecule has 1 saturated carbocycles. The first-order valence-electron chi connectivity index (χ1n) is 12.2. The maximum absolute atomic E-state index is 13.8. The summed E-state index contributed by atoms with van der Waals surface area (Å²) < 4.78 is 16.8. The molecule has 4 unspecified atom stereocenters. The van der Waals surface area contributed by atoms with Crippen LogP contribution in [0.4, 0.5) is 0 Å². The number of hydrogen-bond acceptors (Lipinski definition) is 6. The van der Waals surface area contributed by atoms with Gasteiger partial charge in [0.05, 0.1) is 31.8 Å². The van der Waals surface area contributed by atoms with E-state index in [1.54, 1.807) is 30.2 Å². The number of phenolic OH excluding ortho intramolecular Hbond substituents is 1. The number of fused-ring (bicyclic) bond motifs is 1. The molecule has 5 rings (SSSR count). The van der Waals surface area contributed by atoms with E-state index in [2.05, 4.69) is 6.92 Å². The summed E-state index contributed by atoms with van der Waals surface area (Å²) in [6.45, 7) is 2.57. The standard InChI is InChI=1S/C28H31NO6/c1-16-4-11-22-20(14-16)26(31)24-25(18-7-10-21(30)23(15-18)34-3)29(28(32)27(24)35-22)13-12-17-5-8-19(33-2)9-6-17/h5-10,15-16,20,22,25,30H,4,11-14H2,1-3H3. The molecule has 184 valence electrons. The number of ketones is 1. The predicted molar refractivity (Wildman–Crippen MR) is 129 cm³/mol. The first-order chi connectivity index (χ1) is 16.9.